The maximum atomic E-state index is 12.0. The molecule has 1 aromatic carbocycles. The number of carboxylic acid groups (broad SMARTS) is 1. The predicted octanol–water partition coefficient (Wildman–Crippen LogP) is 2.27. The summed E-state index contributed by atoms with van der Waals surface area (Å²) in [6.45, 7) is 2.73. The van der Waals surface area contributed by atoms with Gasteiger partial charge in [-0.2, -0.15) is 0 Å². The van der Waals surface area contributed by atoms with Crippen LogP contribution in [0.15, 0.2) is 18.2 Å². The van der Waals surface area contributed by atoms with Gasteiger partial charge >= 0.3 is 12.0 Å². The number of benzene rings is 1. The second-order valence-electron chi connectivity index (χ2n) is 4.12. The number of carbonyl (C=O) groups excluding carboxylic acids is 1. The van der Waals surface area contributed by atoms with Crippen LogP contribution in [0.1, 0.15) is 23.7 Å². The maximum absolute atomic E-state index is 12.0. The summed E-state index contributed by atoms with van der Waals surface area (Å²) < 4.78 is 0. The highest BCUT2D eigenvalue weighted by atomic mass is 35.5. The molecule has 3 N–H and O–H groups in total. The Labute approximate surface area is 122 Å². The molecular formula is C13H17ClN2O4. The average molecular weight is 301 g/mol. The largest absolute Gasteiger partial charge is 0.478 e. The molecule has 20 heavy (non-hydrogen) atoms. The molecule has 1 rings (SSSR count). The number of amides is 2. The lowest BCUT2D eigenvalue weighted by atomic mass is 10.2. The summed E-state index contributed by atoms with van der Waals surface area (Å²) in [5, 5.41) is 20.5. The number of aliphatic hydroxyl groups is 1. The lowest BCUT2D eigenvalue weighted by Crippen LogP contribution is -2.35. The normalized spacial score (nSPS) is 10.2. The van der Waals surface area contributed by atoms with Gasteiger partial charge in [-0.05, 0) is 31.5 Å². The van der Waals surface area contributed by atoms with Gasteiger partial charge in [0.2, 0.25) is 0 Å². The smallest absolute Gasteiger partial charge is 0.335 e. The standard InChI is InChI=1S/C13H17ClN2O4/c1-2-16(4-3-5-17)13(20)15-11-7-9(12(18)19)6-10(14)8-11/h6-8,17H,2-5H2,1H3,(H,15,20)(H,18,19). The molecule has 0 aliphatic carbocycles. The number of carboxylic acids is 1. The lowest BCUT2D eigenvalue weighted by Gasteiger charge is -2.21. The first-order chi connectivity index (χ1) is 9.47. The topological polar surface area (TPSA) is 89.9 Å². The molecule has 0 aliphatic heterocycles. The molecule has 0 heterocycles. The van der Waals surface area contributed by atoms with Gasteiger partial charge in [0.05, 0.1) is 5.56 Å². The third kappa shape index (κ3) is 4.71. The quantitative estimate of drug-likeness (QED) is 0.752. The van der Waals surface area contributed by atoms with Gasteiger partial charge in [0.25, 0.3) is 0 Å². The fourth-order valence-electron chi connectivity index (χ4n) is 1.65. The number of urea groups is 1. The molecule has 6 nitrogen and oxygen atoms in total. The van der Waals surface area contributed by atoms with Gasteiger partial charge < -0.3 is 20.4 Å². The molecule has 2 amide bonds. The summed E-state index contributed by atoms with van der Waals surface area (Å²) in [6, 6.07) is 3.76. The number of anilines is 1. The van der Waals surface area contributed by atoms with E-state index in [9.17, 15) is 9.59 Å². The van der Waals surface area contributed by atoms with Crippen molar-refractivity contribution in [3.05, 3.63) is 28.8 Å². The highest BCUT2D eigenvalue weighted by Gasteiger charge is 2.13. The van der Waals surface area contributed by atoms with Gasteiger partial charge in [-0.25, -0.2) is 9.59 Å². The monoisotopic (exact) mass is 300 g/mol. The van der Waals surface area contributed by atoms with Crippen molar-refractivity contribution in [2.24, 2.45) is 0 Å². The van der Waals surface area contributed by atoms with Crippen molar-refractivity contribution >= 4 is 29.3 Å². The molecule has 0 unspecified atom stereocenters. The zero-order valence-electron chi connectivity index (χ0n) is 11.1. The summed E-state index contributed by atoms with van der Waals surface area (Å²) in [5.41, 5.74) is 0.327. The Morgan fingerprint density at radius 3 is 2.60 bits per heavy atom. The number of carbonyl (C=O) groups is 2. The fourth-order valence-corrected chi connectivity index (χ4v) is 1.89. The van der Waals surface area contributed by atoms with Crippen LogP contribution in [0, 0.1) is 0 Å². The summed E-state index contributed by atoms with van der Waals surface area (Å²) in [5.74, 6) is -1.12. The van der Waals surface area contributed by atoms with Crippen molar-refractivity contribution in [3.63, 3.8) is 0 Å². The van der Waals surface area contributed by atoms with Crippen LogP contribution in [-0.2, 0) is 0 Å². The number of aromatic carboxylic acids is 1. The summed E-state index contributed by atoms with van der Waals surface area (Å²) in [7, 11) is 0. The molecule has 0 bridgehead atoms. The van der Waals surface area contributed by atoms with E-state index in [0.29, 0.717) is 25.2 Å². The first-order valence-electron chi connectivity index (χ1n) is 6.18. The van der Waals surface area contributed by atoms with Crippen molar-refractivity contribution in [3.8, 4) is 0 Å². The van der Waals surface area contributed by atoms with E-state index in [1.54, 1.807) is 0 Å². The van der Waals surface area contributed by atoms with Gasteiger partial charge in [-0.1, -0.05) is 11.6 Å². The maximum Gasteiger partial charge on any atom is 0.335 e. The van der Waals surface area contributed by atoms with Gasteiger partial charge in [0.15, 0.2) is 0 Å². The zero-order valence-corrected chi connectivity index (χ0v) is 11.9. The highest BCUT2D eigenvalue weighted by Crippen LogP contribution is 2.19. The summed E-state index contributed by atoms with van der Waals surface area (Å²) >= 11 is 5.81. The number of rotatable bonds is 6. The summed E-state index contributed by atoms with van der Waals surface area (Å²) in [4.78, 5) is 24.4. The first kappa shape index (κ1) is 16.3. The van der Waals surface area contributed by atoms with E-state index in [0.717, 1.165) is 0 Å². The van der Waals surface area contributed by atoms with E-state index in [1.807, 2.05) is 6.92 Å². The Morgan fingerprint density at radius 2 is 2.05 bits per heavy atom. The molecular weight excluding hydrogens is 284 g/mol. The van der Waals surface area contributed by atoms with Crippen LogP contribution in [0.5, 0.6) is 0 Å². The van der Waals surface area contributed by atoms with E-state index >= 15 is 0 Å². The Balaban J connectivity index is 2.81. The molecule has 0 saturated carbocycles. The molecule has 0 atom stereocenters. The van der Waals surface area contributed by atoms with E-state index in [4.69, 9.17) is 21.8 Å². The Bertz CT molecular complexity index is 493. The molecule has 0 fully saturated rings. The van der Waals surface area contributed by atoms with Crippen LogP contribution in [0.2, 0.25) is 5.02 Å². The highest BCUT2D eigenvalue weighted by molar-refractivity contribution is 6.31. The van der Waals surface area contributed by atoms with Crippen molar-refractivity contribution < 1.29 is 19.8 Å². The van der Waals surface area contributed by atoms with Crippen LogP contribution >= 0.6 is 11.6 Å². The minimum atomic E-state index is -1.12. The third-order valence-corrected chi connectivity index (χ3v) is 2.87. The van der Waals surface area contributed by atoms with Gasteiger partial charge in [0, 0.05) is 30.4 Å². The van der Waals surface area contributed by atoms with Crippen LogP contribution < -0.4 is 5.32 Å². The van der Waals surface area contributed by atoms with Gasteiger partial charge in [-0.15, -0.1) is 0 Å². The third-order valence-electron chi connectivity index (χ3n) is 2.65. The zero-order chi connectivity index (χ0) is 15.1. The van der Waals surface area contributed by atoms with E-state index in [1.165, 1.54) is 23.1 Å². The fraction of sp³-hybridized carbons (Fsp3) is 0.385. The lowest BCUT2D eigenvalue weighted by molar-refractivity contribution is 0.0697. The van der Waals surface area contributed by atoms with Crippen molar-refractivity contribution in [2.75, 3.05) is 25.0 Å². The van der Waals surface area contributed by atoms with Crippen molar-refractivity contribution in [1.82, 2.24) is 4.90 Å². The van der Waals surface area contributed by atoms with Crippen molar-refractivity contribution in [2.45, 2.75) is 13.3 Å². The molecule has 110 valence electrons. The molecule has 0 spiro atoms. The molecule has 0 radical (unpaired) electrons. The molecule has 0 saturated heterocycles. The number of hydrogen-bond acceptors (Lipinski definition) is 3. The van der Waals surface area contributed by atoms with E-state index < -0.39 is 5.97 Å². The predicted molar refractivity (Wildman–Crippen MR) is 76.4 cm³/mol. The van der Waals surface area contributed by atoms with Gasteiger partial charge in [0.1, 0.15) is 0 Å². The van der Waals surface area contributed by atoms with E-state index in [2.05, 4.69) is 5.32 Å². The minimum absolute atomic E-state index is 0.00407. The molecule has 0 aliphatic rings. The Hall–Kier alpha value is -1.79. The SMILES string of the molecule is CCN(CCCO)C(=O)Nc1cc(Cl)cc(C(=O)O)c1. The minimum Gasteiger partial charge on any atom is -0.478 e. The van der Waals surface area contributed by atoms with Crippen molar-refractivity contribution in [1.29, 1.82) is 0 Å². The molecule has 0 aromatic heterocycles. The van der Waals surface area contributed by atoms with Gasteiger partial charge in [-0.3, -0.25) is 0 Å². The second kappa shape index (κ2) is 7.72. The van der Waals surface area contributed by atoms with Crippen LogP contribution in [0.25, 0.3) is 0 Å². The first-order valence-corrected chi connectivity index (χ1v) is 6.56. The second-order valence-corrected chi connectivity index (χ2v) is 4.56. The van der Waals surface area contributed by atoms with E-state index in [-0.39, 0.29) is 23.2 Å². The molecule has 7 heteroatoms. The Kier molecular flexibility index (Phi) is 6.27. The van der Waals surface area contributed by atoms with Crippen LogP contribution in [0.3, 0.4) is 0 Å². The molecule has 1 aromatic rings. The Morgan fingerprint density at radius 1 is 1.35 bits per heavy atom. The number of hydrogen-bond donors (Lipinski definition) is 3. The van der Waals surface area contributed by atoms with Crippen LogP contribution in [0.4, 0.5) is 10.5 Å². The number of aliphatic hydroxyl groups excluding tert-OH is 1. The average Bonchev–Trinajstić information content (AvgIpc) is 2.38. The number of halogens is 1. The number of nitrogens with zero attached hydrogens (tertiary/aromatic N) is 1. The van der Waals surface area contributed by atoms with Crippen LogP contribution in [-0.4, -0.2) is 46.8 Å². The number of nitrogens with one attached hydrogen (secondary N) is 1. The summed E-state index contributed by atoms with van der Waals surface area (Å²) in [6.07, 6.45) is 0.483.